The van der Waals surface area contributed by atoms with E-state index in [1.165, 1.54) is 71.1 Å². The minimum Gasteiger partial charge on any atom is -0.394 e. The molecule has 0 spiro atoms. The summed E-state index contributed by atoms with van der Waals surface area (Å²) in [6.07, 6.45) is 18.2. The Morgan fingerprint density at radius 1 is 1.00 bits per heavy atom. The number of unbranched alkanes of at least 4 members (excludes halogenated alkanes) is 11. The Kier molecular flexibility index (Phi) is 14.9. The molecule has 0 radical (unpaired) electrons. The highest BCUT2D eigenvalue weighted by Crippen LogP contribution is 2.14. The first kappa shape index (κ1) is 24.1. The van der Waals surface area contributed by atoms with Crippen molar-refractivity contribution < 1.29 is 15.0 Å². The normalized spacial score (nSPS) is 15.2. The minimum atomic E-state index is -1.01. The summed E-state index contributed by atoms with van der Waals surface area (Å²) in [4.78, 5) is 11.2. The summed E-state index contributed by atoms with van der Waals surface area (Å²) in [7, 11) is 0. The first-order valence-corrected chi connectivity index (χ1v) is 10.2. The highest BCUT2D eigenvalue weighted by molar-refractivity contribution is 5.74. The number of nitrogens with one attached hydrogen (secondary N) is 1. The van der Waals surface area contributed by atoms with Gasteiger partial charge in [0.15, 0.2) is 0 Å². The molecule has 0 bridgehead atoms. The zero-order valence-electron chi connectivity index (χ0n) is 16.7. The number of aliphatic hydroxyl groups excluding tert-OH is 2. The van der Waals surface area contributed by atoms with Gasteiger partial charge in [-0.2, -0.15) is 0 Å². The number of carbonyl (C=O) groups is 1. The molecule has 0 aliphatic heterocycles. The second-order valence-electron chi connectivity index (χ2n) is 7.45. The van der Waals surface area contributed by atoms with Gasteiger partial charge in [-0.25, -0.2) is 0 Å². The Hall–Kier alpha value is -0.870. The number of rotatable bonds is 16. The molecule has 0 aromatic carbocycles. The smallest absolute Gasteiger partial charge is 0.217 e. The van der Waals surface area contributed by atoms with Gasteiger partial charge in [-0.3, -0.25) is 4.79 Å². The number of carbonyl (C=O) groups excluding carboxylic acids is 1. The van der Waals surface area contributed by atoms with Crippen LogP contribution in [0.5, 0.6) is 0 Å². The quantitative estimate of drug-likeness (QED) is 0.282. The lowest BCUT2D eigenvalue weighted by molar-refractivity contribution is -0.122. The summed E-state index contributed by atoms with van der Waals surface area (Å²) in [5.41, 5.74) is -1.01. The van der Waals surface area contributed by atoms with E-state index < -0.39 is 11.6 Å². The third-order valence-electron chi connectivity index (χ3n) is 4.74. The average Bonchev–Trinajstić information content (AvgIpc) is 2.58. The molecular weight excluding hydrogens is 314 g/mol. The molecule has 0 unspecified atom stereocenters. The summed E-state index contributed by atoms with van der Waals surface area (Å²) >= 11 is 0. The van der Waals surface area contributed by atoms with E-state index in [0.29, 0.717) is 0 Å². The summed E-state index contributed by atoms with van der Waals surface area (Å²) in [6.45, 7) is 4.99. The first-order chi connectivity index (χ1) is 12.0. The van der Waals surface area contributed by atoms with Crippen LogP contribution < -0.4 is 5.32 Å². The Morgan fingerprint density at radius 2 is 1.48 bits per heavy atom. The van der Waals surface area contributed by atoms with Gasteiger partial charge >= 0.3 is 0 Å². The molecular formula is C21H41NO3. The van der Waals surface area contributed by atoms with Crippen molar-refractivity contribution in [2.45, 2.75) is 109 Å². The second kappa shape index (κ2) is 15.4. The van der Waals surface area contributed by atoms with E-state index in [9.17, 15) is 15.0 Å². The summed E-state index contributed by atoms with van der Waals surface area (Å²) in [5.74, 6) is -0.255. The van der Waals surface area contributed by atoms with Gasteiger partial charge in [0.25, 0.3) is 0 Å². The molecule has 0 aliphatic rings. The Bertz CT molecular complexity index is 357. The van der Waals surface area contributed by atoms with Crippen molar-refractivity contribution in [1.82, 2.24) is 5.32 Å². The van der Waals surface area contributed by atoms with Crippen molar-refractivity contribution in [3.05, 3.63) is 12.2 Å². The Balaban J connectivity index is 3.64. The molecule has 148 valence electrons. The van der Waals surface area contributed by atoms with E-state index in [2.05, 4.69) is 12.2 Å². The number of aliphatic hydroxyl groups is 2. The maximum atomic E-state index is 11.2. The fourth-order valence-electron chi connectivity index (χ4n) is 2.97. The van der Waals surface area contributed by atoms with E-state index in [0.717, 1.165) is 12.8 Å². The van der Waals surface area contributed by atoms with Gasteiger partial charge in [0, 0.05) is 6.92 Å². The lowest BCUT2D eigenvalue weighted by atomic mass is 9.94. The van der Waals surface area contributed by atoms with Gasteiger partial charge < -0.3 is 15.5 Å². The third-order valence-corrected chi connectivity index (χ3v) is 4.74. The monoisotopic (exact) mass is 355 g/mol. The number of amides is 1. The molecule has 25 heavy (non-hydrogen) atoms. The van der Waals surface area contributed by atoms with Gasteiger partial charge in [0.1, 0.15) is 0 Å². The predicted octanol–water partition coefficient (Wildman–Crippen LogP) is 4.49. The topological polar surface area (TPSA) is 69.6 Å². The standard InChI is InChI=1S/C21H41NO3/c1-4-5-6-7-8-9-10-11-12-13-14-15-16-17-20(25)21(3,18-23)22-19(2)24/h16-17,20,23,25H,4-15,18H2,1-3H3,(H,22,24)/b17-16+/t20-,21+/m1/s1. The Labute approximate surface area is 155 Å². The zero-order valence-corrected chi connectivity index (χ0v) is 16.7. The number of hydrogen-bond donors (Lipinski definition) is 3. The van der Waals surface area contributed by atoms with Crippen LogP contribution in [0.3, 0.4) is 0 Å². The lowest BCUT2D eigenvalue weighted by Gasteiger charge is -2.31. The molecule has 0 aromatic heterocycles. The molecule has 0 heterocycles. The van der Waals surface area contributed by atoms with E-state index in [4.69, 9.17) is 0 Å². The molecule has 4 nitrogen and oxygen atoms in total. The van der Waals surface area contributed by atoms with E-state index in [-0.39, 0.29) is 12.5 Å². The largest absolute Gasteiger partial charge is 0.394 e. The maximum Gasteiger partial charge on any atom is 0.217 e. The third kappa shape index (κ3) is 13.1. The number of hydrogen-bond acceptors (Lipinski definition) is 3. The van der Waals surface area contributed by atoms with Gasteiger partial charge in [-0.15, -0.1) is 0 Å². The van der Waals surface area contributed by atoms with Crippen LogP contribution in [0.4, 0.5) is 0 Å². The van der Waals surface area contributed by atoms with Crippen LogP contribution in [-0.4, -0.2) is 34.4 Å². The van der Waals surface area contributed by atoms with Crippen LogP contribution in [-0.2, 0) is 4.79 Å². The van der Waals surface area contributed by atoms with Crippen LogP contribution in [0.2, 0.25) is 0 Å². The summed E-state index contributed by atoms with van der Waals surface area (Å²) in [6, 6.07) is 0. The average molecular weight is 356 g/mol. The molecule has 0 saturated heterocycles. The fourth-order valence-corrected chi connectivity index (χ4v) is 2.97. The van der Waals surface area contributed by atoms with Crippen LogP contribution in [0.15, 0.2) is 12.2 Å². The first-order valence-electron chi connectivity index (χ1n) is 10.2. The van der Waals surface area contributed by atoms with Crippen LogP contribution >= 0.6 is 0 Å². The lowest BCUT2D eigenvalue weighted by Crippen LogP contribution is -2.55. The number of allylic oxidation sites excluding steroid dienone is 1. The van der Waals surface area contributed by atoms with Gasteiger partial charge in [0.05, 0.1) is 18.2 Å². The highest BCUT2D eigenvalue weighted by Gasteiger charge is 2.31. The van der Waals surface area contributed by atoms with E-state index >= 15 is 0 Å². The molecule has 3 N–H and O–H groups in total. The molecule has 0 aliphatic carbocycles. The van der Waals surface area contributed by atoms with Gasteiger partial charge in [-0.1, -0.05) is 83.3 Å². The summed E-state index contributed by atoms with van der Waals surface area (Å²) < 4.78 is 0. The van der Waals surface area contributed by atoms with Crippen molar-refractivity contribution in [1.29, 1.82) is 0 Å². The second-order valence-corrected chi connectivity index (χ2v) is 7.45. The molecule has 0 fully saturated rings. The van der Waals surface area contributed by atoms with Crippen LogP contribution in [0.1, 0.15) is 97.8 Å². The molecule has 1 amide bonds. The SMILES string of the molecule is CCCCCCCCCCCCC/C=C/[C@@H](O)[C@](C)(CO)NC(C)=O. The van der Waals surface area contributed by atoms with Crippen LogP contribution in [0.25, 0.3) is 0 Å². The van der Waals surface area contributed by atoms with Crippen molar-refractivity contribution >= 4 is 5.91 Å². The van der Waals surface area contributed by atoms with Crippen molar-refractivity contribution in [3.8, 4) is 0 Å². The molecule has 0 aromatic rings. The van der Waals surface area contributed by atoms with E-state index in [1.807, 2.05) is 6.08 Å². The predicted molar refractivity (Wildman–Crippen MR) is 106 cm³/mol. The zero-order chi connectivity index (χ0) is 19.0. The molecule has 0 saturated carbocycles. The fraction of sp³-hybridized carbons (Fsp3) is 0.857. The maximum absolute atomic E-state index is 11.2. The van der Waals surface area contributed by atoms with Gasteiger partial charge in [-0.05, 0) is 19.8 Å². The summed E-state index contributed by atoms with van der Waals surface area (Å²) in [5, 5.41) is 22.1. The molecule has 4 heteroatoms. The highest BCUT2D eigenvalue weighted by atomic mass is 16.3. The van der Waals surface area contributed by atoms with Crippen molar-refractivity contribution in [2.75, 3.05) is 6.61 Å². The van der Waals surface area contributed by atoms with Crippen LogP contribution in [0, 0.1) is 0 Å². The minimum absolute atomic E-state index is 0.255. The van der Waals surface area contributed by atoms with E-state index in [1.54, 1.807) is 13.0 Å². The molecule has 0 rings (SSSR count). The van der Waals surface area contributed by atoms with Gasteiger partial charge in [0.2, 0.25) is 5.91 Å². The van der Waals surface area contributed by atoms with Crippen molar-refractivity contribution in [3.63, 3.8) is 0 Å². The Morgan fingerprint density at radius 3 is 1.92 bits per heavy atom. The molecule has 2 atom stereocenters. The van der Waals surface area contributed by atoms with Crippen molar-refractivity contribution in [2.24, 2.45) is 0 Å².